The molecule has 0 saturated heterocycles. The van der Waals surface area contributed by atoms with Gasteiger partial charge in [-0.05, 0) is 121 Å². The second kappa shape index (κ2) is 13.9. The Hall–Kier alpha value is -6.38. The van der Waals surface area contributed by atoms with Gasteiger partial charge >= 0.3 is 0 Å². The minimum atomic E-state index is 1.10. The molecule has 0 N–H and O–H groups in total. The molecule has 0 heterocycles. The van der Waals surface area contributed by atoms with Crippen molar-refractivity contribution in [3.05, 3.63) is 205 Å². The van der Waals surface area contributed by atoms with Crippen molar-refractivity contribution in [2.24, 2.45) is 0 Å². The van der Waals surface area contributed by atoms with E-state index in [0.717, 1.165) is 45.3 Å². The third-order valence-electron chi connectivity index (χ3n) is 9.59. The number of rotatable bonds is 8. The number of nitrogens with zero attached hydrogens (tertiary/aromatic N) is 2. The summed E-state index contributed by atoms with van der Waals surface area (Å²) in [6, 6.07) is 68.2. The minimum absolute atomic E-state index is 1.10. The van der Waals surface area contributed by atoms with E-state index in [1.165, 1.54) is 38.6 Å². The van der Waals surface area contributed by atoms with E-state index in [0.29, 0.717) is 0 Å². The van der Waals surface area contributed by atoms with E-state index in [4.69, 9.17) is 0 Å². The van der Waals surface area contributed by atoms with E-state index in [1.54, 1.807) is 0 Å². The zero-order chi connectivity index (χ0) is 34.7. The molecular formula is C49H40N2. The summed E-state index contributed by atoms with van der Waals surface area (Å²) < 4.78 is 0. The fourth-order valence-electron chi connectivity index (χ4n) is 6.99. The van der Waals surface area contributed by atoms with Crippen molar-refractivity contribution in [1.82, 2.24) is 0 Å². The van der Waals surface area contributed by atoms with Crippen molar-refractivity contribution in [2.45, 2.75) is 20.8 Å². The van der Waals surface area contributed by atoms with Gasteiger partial charge < -0.3 is 9.80 Å². The van der Waals surface area contributed by atoms with Crippen LogP contribution >= 0.6 is 0 Å². The molecule has 2 nitrogen and oxygen atoms in total. The fraction of sp³-hybridized carbons (Fsp3) is 0.0612. The number of anilines is 6. The second-order valence-electron chi connectivity index (χ2n) is 13.3. The molecule has 0 fully saturated rings. The van der Waals surface area contributed by atoms with Gasteiger partial charge in [-0.3, -0.25) is 0 Å². The van der Waals surface area contributed by atoms with Crippen LogP contribution in [-0.4, -0.2) is 0 Å². The van der Waals surface area contributed by atoms with Crippen molar-refractivity contribution in [1.29, 1.82) is 0 Å². The monoisotopic (exact) mass is 656 g/mol. The molecule has 0 unspecified atom stereocenters. The number of fused-ring (bicyclic) bond motifs is 1. The van der Waals surface area contributed by atoms with Crippen LogP contribution in [0.5, 0.6) is 0 Å². The van der Waals surface area contributed by atoms with Crippen LogP contribution in [0.1, 0.15) is 16.7 Å². The van der Waals surface area contributed by atoms with Crippen LogP contribution in [0.25, 0.3) is 33.0 Å². The number of hydrogen-bond acceptors (Lipinski definition) is 2. The Labute approximate surface area is 301 Å². The van der Waals surface area contributed by atoms with Gasteiger partial charge in [-0.2, -0.15) is 0 Å². The van der Waals surface area contributed by atoms with Crippen LogP contribution < -0.4 is 9.80 Å². The first-order chi connectivity index (χ1) is 25.0. The zero-order valence-electron chi connectivity index (χ0n) is 29.3. The predicted molar refractivity (Wildman–Crippen MR) is 218 cm³/mol. The minimum Gasteiger partial charge on any atom is -0.310 e. The van der Waals surface area contributed by atoms with Gasteiger partial charge in [-0.15, -0.1) is 0 Å². The molecule has 0 radical (unpaired) electrons. The summed E-state index contributed by atoms with van der Waals surface area (Å²) in [5.74, 6) is 0. The lowest BCUT2D eigenvalue weighted by molar-refractivity contribution is 1.23. The molecule has 8 aromatic carbocycles. The Balaban J connectivity index is 1.43. The highest BCUT2D eigenvalue weighted by molar-refractivity contribution is 6.01. The molecule has 0 aliphatic rings. The highest BCUT2D eigenvalue weighted by atomic mass is 15.2. The molecule has 51 heavy (non-hydrogen) atoms. The average molecular weight is 657 g/mol. The summed E-state index contributed by atoms with van der Waals surface area (Å²) >= 11 is 0. The number of hydrogen-bond donors (Lipinski definition) is 0. The Morgan fingerprint density at radius 1 is 0.294 bits per heavy atom. The molecule has 0 aromatic heterocycles. The summed E-state index contributed by atoms with van der Waals surface area (Å²) in [6.07, 6.45) is 0. The predicted octanol–water partition coefficient (Wildman–Crippen LogP) is 14.0. The van der Waals surface area contributed by atoms with Gasteiger partial charge in [-0.25, -0.2) is 0 Å². The summed E-state index contributed by atoms with van der Waals surface area (Å²) in [4.78, 5) is 4.83. The lowest BCUT2D eigenvalue weighted by Gasteiger charge is -2.34. The number of para-hydroxylation sites is 1. The maximum Gasteiger partial charge on any atom is 0.0563 e. The molecule has 0 aliphatic heterocycles. The molecule has 8 aromatic rings. The van der Waals surface area contributed by atoms with Crippen LogP contribution in [0, 0.1) is 20.8 Å². The Morgan fingerprint density at radius 3 is 1.25 bits per heavy atom. The maximum atomic E-state index is 2.42. The molecule has 0 aliphatic carbocycles. The molecule has 8 rings (SSSR count). The first-order valence-corrected chi connectivity index (χ1v) is 17.6. The zero-order valence-corrected chi connectivity index (χ0v) is 29.3. The van der Waals surface area contributed by atoms with Gasteiger partial charge in [0.15, 0.2) is 0 Å². The van der Waals surface area contributed by atoms with Crippen LogP contribution in [0.3, 0.4) is 0 Å². The summed E-state index contributed by atoms with van der Waals surface area (Å²) in [6.45, 7) is 6.50. The van der Waals surface area contributed by atoms with E-state index in [1.807, 2.05) is 0 Å². The molecule has 0 atom stereocenters. The van der Waals surface area contributed by atoms with Gasteiger partial charge in [-0.1, -0.05) is 132 Å². The molecule has 0 spiro atoms. The molecule has 0 saturated carbocycles. The van der Waals surface area contributed by atoms with Crippen molar-refractivity contribution in [2.75, 3.05) is 9.80 Å². The van der Waals surface area contributed by atoms with Crippen molar-refractivity contribution in [3.8, 4) is 22.3 Å². The molecule has 0 amide bonds. The van der Waals surface area contributed by atoms with Gasteiger partial charge in [0.05, 0.1) is 11.4 Å². The van der Waals surface area contributed by atoms with Gasteiger partial charge in [0.25, 0.3) is 0 Å². The van der Waals surface area contributed by atoms with Gasteiger partial charge in [0.1, 0.15) is 0 Å². The van der Waals surface area contributed by atoms with Crippen LogP contribution in [0.4, 0.5) is 34.1 Å². The fourth-order valence-corrected chi connectivity index (χ4v) is 6.99. The molecular weight excluding hydrogens is 617 g/mol. The van der Waals surface area contributed by atoms with Crippen LogP contribution in [0.2, 0.25) is 0 Å². The smallest absolute Gasteiger partial charge is 0.0563 e. The third-order valence-corrected chi connectivity index (χ3v) is 9.59. The van der Waals surface area contributed by atoms with Gasteiger partial charge in [0, 0.05) is 28.3 Å². The largest absolute Gasteiger partial charge is 0.310 e. The van der Waals surface area contributed by atoms with E-state index in [2.05, 4.69) is 219 Å². The van der Waals surface area contributed by atoms with Crippen molar-refractivity contribution in [3.63, 3.8) is 0 Å². The maximum absolute atomic E-state index is 2.42. The van der Waals surface area contributed by atoms with E-state index in [9.17, 15) is 0 Å². The van der Waals surface area contributed by atoms with Crippen LogP contribution in [0.15, 0.2) is 188 Å². The topological polar surface area (TPSA) is 6.48 Å². The quantitative estimate of drug-likeness (QED) is 0.161. The highest BCUT2D eigenvalue weighted by Gasteiger charge is 2.25. The summed E-state index contributed by atoms with van der Waals surface area (Å²) in [5, 5.41) is 2.44. The average Bonchev–Trinajstić information content (AvgIpc) is 3.17. The van der Waals surface area contributed by atoms with E-state index < -0.39 is 0 Å². The lowest BCUT2D eigenvalue weighted by atomic mass is 9.94. The molecule has 0 bridgehead atoms. The lowest BCUT2D eigenvalue weighted by Crippen LogP contribution is -2.16. The van der Waals surface area contributed by atoms with Crippen molar-refractivity contribution < 1.29 is 0 Å². The third kappa shape index (κ3) is 6.52. The number of aryl methyl sites for hydroxylation is 3. The summed E-state index contributed by atoms with van der Waals surface area (Å²) in [5.41, 5.74) is 15.0. The number of benzene rings is 8. The standard InChI is InChI=1S/C49H40N2/c1-35-18-26-44(27-19-35)50(43-16-8-5-9-17-43)47-32-37(3)33-48(49(47)42-23-22-39-14-10-11-15-41(39)34-42)51(45-28-20-36(2)21-29-45)46-30-24-40(25-31-46)38-12-6-4-7-13-38/h4-34H,1-3H3. The summed E-state index contributed by atoms with van der Waals surface area (Å²) in [7, 11) is 0. The normalized spacial score (nSPS) is 11.0. The van der Waals surface area contributed by atoms with E-state index >= 15 is 0 Å². The first kappa shape index (κ1) is 31.9. The van der Waals surface area contributed by atoms with Crippen LogP contribution in [-0.2, 0) is 0 Å². The molecule has 246 valence electrons. The van der Waals surface area contributed by atoms with E-state index in [-0.39, 0.29) is 0 Å². The second-order valence-corrected chi connectivity index (χ2v) is 13.3. The SMILES string of the molecule is Cc1ccc(N(c2ccccc2)c2cc(C)cc(N(c3ccc(C)cc3)c3ccc(-c4ccccc4)cc3)c2-c2ccc3ccccc3c2)cc1. The molecule has 2 heteroatoms. The van der Waals surface area contributed by atoms with Gasteiger partial charge in [0.2, 0.25) is 0 Å². The Bertz CT molecular complexity index is 2410. The first-order valence-electron chi connectivity index (χ1n) is 17.6. The highest BCUT2D eigenvalue weighted by Crippen LogP contribution is 2.50. The van der Waals surface area contributed by atoms with Crippen molar-refractivity contribution >= 4 is 44.9 Å². The Morgan fingerprint density at radius 2 is 0.706 bits per heavy atom. The Kier molecular flexibility index (Phi) is 8.66.